The number of nitrogens with zero attached hydrogens (tertiary/aromatic N) is 2. The van der Waals surface area contributed by atoms with Crippen molar-refractivity contribution < 1.29 is 14.3 Å². The minimum Gasteiger partial charge on any atom is -0.465 e. The Morgan fingerprint density at radius 1 is 0.931 bits per heavy atom. The largest absolute Gasteiger partial charge is 0.465 e. The van der Waals surface area contributed by atoms with Crippen molar-refractivity contribution in [2.24, 2.45) is 0 Å². The maximum Gasteiger partial charge on any atom is 0.339 e. The second kappa shape index (κ2) is 8.52. The van der Waals surface area contributed by atoms with E-state index < -0.39 is 5.97 Å². The fourth-order valence-electron chi connectivity index (χ4n) is 2.98. The number of amides is 1. The van der Waals surface area contributed by atoms with Gasteiger partial charge in [0.1, 0.15) is 5.69 Å². The van der Waals surface area contributed by atoms with E-state index in [4.69, 9.17) is 4.74 Å². The number of anilines is 3. The Labute approximate surface area is 169 Å². The molecule has 0 bridgehead atoms. The highest BCUT2D eigenvalue weighted by Gasteiger charge is 2.15. The summed E-state index contributed by atoms with van der Waals surface area (Å²) in [6.45, 7) is 5.71. The van der Waals surface area contributed by atoms with E-state index in [1.807, 2.05) is 32.0 Å². The molecule has 0 aliphatic carbocycles. The average Bonchev–Trinajstić information content (AvgIpc) is 2.66. The molecule has 0 unspecified atom stereocenters. The van der Waals surface area contributed by atoms with Gasteiger partial charge in [0, 0.05) is 11.4 Å². The van der Waals surface area contributed by atoms with Crippen molar-refractivity contribution in [2.45, 2.75) is 20.8 Å². The summed E-state index contributed by atoms with van der Waals surface area (Å²) in [5, 5.41) is 5.87. The first-order chi connectivity index (χ1) is 13.9. The molecule has 0 saturated heterocycles. The van der Waals surface area contributed by atoms with Crippen LogP contribution in [0.3, 0.4) is 0 Å². The molecule has 1 heterocycles. The maximum atomic E-state index is 12.7. The van der Waals surface area contributed by atoms with Gasteiger partial charge in [-0.25, -0.2) is 14.8 Å². The first-order valence-corrected chi connectivity index (χ1v) is 9.05. The van der Waals surface area contributed by atoms with Gasteiger partial charge in [0.15, 0.2) is 0 Å². The summed E-state index contributed by atoms with van der Waals surface area (Å²) in [7, 11) is 1.32. The van der Waals surface area contributed by atoms with Crippen molar-refractivity contribution in [3.05, 3.63) is 76.6 Å². The minimum atomic E-state index is -0.478. The van der Waals surface area contributed by atoms with E-state index in [9.17, 15) is 9.59 Å². The van der Waals surface area contributed by atoms with E-state index in [2.05, 4.69) is 20.6 Å². The summed E-state index contributed by atoms with van der Waals surface area (Å²) >= 11 is 0. The number of aryl methyl sites for hydroxylation is 3. The topological polar surface area (TPSA) is 93.2 Å². The monoisotopic (exact) mass is 390 g/mol. The van der Waals surface area contributed by atoms with E-state index in [1.54, 1.807) is 37.3 Å². The van der Waals surface area contributed by atoms with Crippen molar-refractivity contribution in [3.63, 3.8) is 0 Å². The molecule has 1 amide bonds. The number of aromatic nitrogens is 2. The minimum absolute atomic E-state index is 0.215. The van der Waals surface area contributed by atoms with Gasteiger partial charge >= 0.3 is 5.97 Å². The first-order valence-electron chi connectivity index (χ1n) is 9.05. The molecule has 0 saturated carbocycles. The molecule has 3 aromatic rings. The zero-order valence-electron chi connectivity index (χ0n) is 16.7. The summed E-state index contributed by atoms with van der Waals surface area (Å²) in [5.74, 6) is -0.606. The molecule has 0 spiro atoms. The Balaban J connectivity index is 1.87. The molecule has 7 heteroatoms. The average molecular weight is 390 g/mol. The normalized spacial score (nSPS) is 10.3. The summed E-state index contributed by atoms with van der Waals surface area (Å²) in [6.07, 6.45) is 0. The van der Waals surface area contributed by atoms with Gasteiger partial charge in [-0.1, -0.05) is 18.2 Å². The van der Waals surface area contributed by atoms with E-state index >= 15 is 0 Å². The molecule has 0 fully saturated rings. The molecule has 3 rings (SSSR count). The van der Waals surface area contributed by atoms with Gasteiger partial charge in [0.05, 0.1) is 18.4 Å². The molecule has 0 aliphatic heterocycles. The molecule has 0 aliphatic rings. The van der Waals surface area contributed by atoms with Gasteiger partial charge in [-0.15, -0.1) is 0 Å². The van der Waals surface area contributed by atoms with Crippen LogP contribution in [0.25, 0.3) is 0 Å². The SMILES string of the molecule is COC(=O)c1ccccc1Nc1nc(C)cc(C(=O)Nc2cc(C)cc(C)c2)n1. The summed E-state index contributed by atoms with van der Waals surface area (Å²) in [6, 6.07) is 14.3. The molecular weight excluding hydrogens is 368 g/mol. The van der Waals surface area contributed by atoms with E-state index in [0.717, 1.165) is 11.1 Å². The highest BCUT2D eigenvalue weighted by atomic mass is 16.5. The van der Waals surface area contributed by atoms with Crippen molar-refractivity contribution >= 4 is 29.2 Å². The van der Waals surface area contributed by atoms with Gasteiger partial charge in [-0.2, -0.15) is 0 Å². The Kier molecular flexibility index (Phi) is 5.87. The second-order valence-corrected chi connectivity index (χ2v) is 6.71. The van der Waals surface area contributed by atoms with Crippen LogP contribution in [0.4, 0.5) is 17.3 Å². The summed E-state index contributed by atoms with van der Waals surface area (Å²) in [4.78, 5) is 33.3. The standard InChI is InChI=1S/C22H22N4O3/c1-13-9-14(2)11-16(10-13)24-20(27)19-12-15(3)23-22(26-19)25-18-8-6-5-7-17(18)21(28)29-4/h5-12H,1-4H3,(H,24,27)(H,23,25,26). The van der Waals surface area contributed by atoms with Crippen LogP contribution in [0.5, 0.6) is 0 Å². The highest BCUT2D eigenvalue weighted by molar-refractivity contribution is 6.03. The Hall–Kier alpha value is -3.74. The number of methoxy groups -OCH3 is 1. The van der Waals surface area contributed by atoms with Crippen molar-refractivity contribution in [1.82, 2.24) is 9.97 Å². The van der Waals surface area contributed by atoms with Gasteiger partial charge in [0.25, 0.3) is 5.91 Å². The van der Waals surface area contributed by atoms with E-state index in [-0.39, 0.29) is 17.5 Å². The van der Waals surface area contributed by atoms with Crippen LogP contribution in [0, 0.1) is 20.8 Å². The highest BCUT2D eigenvalue weighted by Crippen LogP contribution is 2.20. The molecular formula is C22H22N4O3. The molecule has 0 radical (unpaired) electrons. The van der Waals surface area contributed by atoms with Crippen LogP contribution < -0.4 is 10.6 Å². The van der Waals surface area contributed by atoms with Crippen LogP contribution in [0.15, 0.2) is 48.5 Å². The third-order valence-electron chi connectivity index (χ3n) is 4.15. The van der Waals surface area contributed by atoms with E-state index in [1.165, 1.54) is 7.11 Å². The number of nitrogens with one attached hydrogen (secondary N) is 2. The number of para-hydroxylation sites is 1. The van der Waals surface area contributed by atoms with Gasteiger partial charge in [0.2, 0.25) is 5.95 Å². The lowest BCUT2D eigenvalue weighted by Gasteiger charge is -2.12. The molecule has 7 nitrogen and oxygen atoms in total. The second-order valence-electron chi connectivity index (χ2n) is 6.71. The Morgan fingerprint density at radius 2 is 1.62 bits per heavy atom. The number of esters is 1. The van der Waals surface area contributed by atoms with Crippen LogP contribution in [0.1, 0.15) is 37.7 Å². The maximum absolute atomic E-state index is 12.7. The van der Waals surface area contributed by atoms with Gasteiger partial charge in [-0.05, 0) is 62.2 Å². The smallest absolute Gasteiger partial charge is 0.339 e. The Morgan fingerprint density at radius 3 is 2.31 bits per heavy atom. The Bertz CT molecular complexity index is 1060. The van der Waals surface area contributed by atoms with Crippen molar-refractivity contribution in [2.75, 3.05) is 17.7 Å². The molecule has 29 heavy (non-hydrogen) atoms. The number of hydrogen-bond donors (Lipinski definition) is 2. The lowest BCUT2D eigenvalue weighted by Crippen LogP contribution is -2.16. The van der Waals surface area contributed by atoms with Crippen LogP contribution in [0.2, 0.25) is 0 Å². The molecule has 148 valence electrons. The number of rotatable bonds is 5. The van der Waals surface area contributed by atoms with Crippen LogP contribution >= 0.6 is 0 Å². The molecule has 1 aromatic heterocycles. The fourth-order valence-corrected chi connectivity index (χ4v) is 2.98. The predicted molar refractivity (Wildman–Crippen MR) is 112 cm³/mol. The van der Waals surface area contributed by atoms with E-state index in [0.29, 0.717) is 22.6 Å². The van der Waals surface area contributed by atoms with Gasteiger partial charge < -0.3 is 15.4 Å². The third kappa shape index (κ3) is 4.95. The lowest BCUT2D eigenvalue weighted by atomic mass is 10.1. The summed E-state index contributed by atoms with van der Waals surface area (Å²) < 4.78 is 4.80. The summed E-state index contributed by atoms with van der Waals surface area (Å²) in [5.41, 5.74) is 4.49. The molecule has 2 N–H and O–H groups in total. The number of carbonyl (C=O) groups excluding carboxylic acids is 2. The number of benzene rings is 2. The molecule has 0 atom stereocenters. The third-order valence-corrected chi connectivity index (χ3v) is 4.15. The van der Waals surface area contributed by atoms with Crippen molar-refractivity contribution in [3.8, 4) is 0 Å². The quantitative estimate of drug-likeness (QED) is 0.635. The lowest BCUT2D eigenvalue weighted by molar-refractivity contribution is 0.0601. The van der Waals surface area contributed by atoms with Crippen LogP contribution in [-0.2, 0) is 4.74 Å². The first kappa shape index (κ1) is 20.0. The van der Waals surface area contributed by atoms with Gasteiger partial charge in [-0.3, -0.25) is 4.79 Å². The van der Waals surface area contributed by atoms with Crippen LogP contribution in [-0.4, -0.2) is 29.0 Å². The fraction of sp³-hybridized carbons (Fsp3) is 0.182. The number of ether oxygens (including phenoxy) is 1. The molecule has 2 aromatic carbocycles. The zero-order chi connectivity index (χ0) is 21.0. The number of hydrogen-bond acceptors (Lipinski definition) is 6. The zero-order valence-corrected chi connectivity index (χ0v) is 16.7. The predicted octanol–water partition coefficient (Wildman–Crippen LogP) is 4.18. The number of carbonyl (C=O) groups is 2. The van der Waals surface area contributed by atoms with Crippen molar-refractivity contribution in [1.29, 1.82) is 0 Å².